The van der Waals surface area contributed by atoms with Gasteiger partial charge in [0.25, 0.3) is 11.8 Å². The Morgan fingerprint density at radius 1 is 1.07 bits per heavy atom. The number of rotatable bonds is 8. The zero-order valence-corrected chi connectivity index (χ0v) is 25.6. The van der Waals surface area contributed by atoms with E-state index in [1.807, 2.05) is 19.2 Å². The molecule has 1 aliphatic carbocycles. The molecule has 1 heterocycles. The smallest absolute Gasteiger partial charge is 0.427 e. The van der Waals surface area contributed by atoms with Crippen LogP contribution in [-0.4, -0.2) is 46.9 Å². The third kappa shape index (κ3) is 10.7. The number of nitrogens with zero attached hydrogens (tertiary/aromatic N) is 1. The summed E-state index contributed by atoms with van der Waals surface area (Å²) < 4.78 is 92.1. The van der Waals surface area contributed by atoms with Crippen LogP contribution in [0.15, 0.2) is 47.1 Å². The number of hydrazine groups is 1. The molecule has 0 saturated carbocycles. The summed E-state index contributed by atoms with van der Waals surface area (Å²) in [6.07, 6.45) is -5.59. The molecule has 16 heteroatoms. The van der Waals surface area contributed by atoms with Crippen molar-refractivity contribution >= 4 is 39.5 Å². The second-order valence-electron chi connectivity index (χ2n) is 9.62. The summed E-state index contributed by atoms with van der Waals surface area (Å²) in [7, 11) is 0. The Morgan fingerprint density at radius 3 is 2.19 bits per heavy atom. The van der Waals surface area contributed by atoms with Crippen LogP contribution in [0.1, 0.15) is 69.9 Å². The molecular weight excluding hydrogens is 654 g/mol. The van der Waals surface area contributed by atoms with Gasteiger partial charge in [-0.2, -0.15) is 26.3 Å². The number of hydrogen-bond acceptors (Lipinski definition) is 6. The molecule has 0 spiro atoms. The fourth-order valence-electron chi connectivity index (χ4n) is 3.37. The largest absolute Gasteiger partial charge is 0.444 e. The van der Waals surface area contributed by atoms with Crippen LogP contribution in [0.2, 0.25) is 0 Å². The Hall–Kier alpha value is -3.40. The van der Waals surface area contributed by atoms with Crippen molar-refractivity contribution in [3.8, 4) is 0 Å². The Morgan fingerprint density at radius 2 is 1.70 bits per heavy atom. The number of pyridine rings is 1. The van der Waals surface area contributed by atoms with Gasteiger partial charge < -0.3 is 9.47 Å². The van der Waals surface area contributed by atoms with Gasteiger partial charge in [0, 0.05) is 6.42 Å². The molecule has 2 rings (SSSR count). The monoisotopic (exact) mass is 686 g/mol. The molecule has 0 saturated heterocycles. The van der Waals surface area contributed by atoms with Crippen molar-refractivity contribution in [1.29, 1.82) is 0 Å². The number of ether oxygens (including phenoxy) is 2. The highest BCUT2D eigenvalue weighted by atomic mass is 79.9. The van der Waals surface area contributed by atoms with Crippen LogP contribution in [0.4, 0.5) is 36.8 Å². The third-order valence-electron chi connectivity index (χ3n) is 5.24. The Balaban J connectivity index is 0.00000452. The maximum atomic E-state index is 14.2. The molecule has 0 bridgehead atoms. The Labute approximate surface area is 253 Å². The van der Waals surface area contributed by atoms with E-state index >= 15 is 0 Å². The predicted molar refractivity (Wildman–Crippen MR) is 150 cm³/mol. The summed E-state index contributed by atoms with van der Waals surface area (Å²) in [5.74, 6) is -3.31. The van der Waals surface area contributed by atoms with Crippen LogP contribution in [0.25, 0.3) is 0 Å². The molecule has 1 unspecified atom stereocenters. The standard InChI is InChI=1S/C25H27BrF6N4O5.C2H6/c1-5-11-23(25(30,31)32,40-13-14-9-7-6-8-10-14)20(38)36-35-19(37)17-16(33-21(39)41-22(2,3)4)12-15(18(26)34-17)24(27,28)29;1-2/h5,7,9-10,12H,1,6,8,11,13H2,2-4H3,(H,33,39)(H,35,37)(H,36,38);1-2H3. The molecular formula is C27H33BrF6N4O5. The molecule has 0 aromatic carbocycles. The van der Waals surface area contributed by atoms with Gasteiger partial charge >= 0.3 is 18.4 Å². The van der Waals surface area contributed by atoms with E-state index in [0.717, 1.165) is 6.08 Å². The average molecular weight is 687 g/mol. The first-order valence-corrected chi connectivity index (χ1v) is 13.7. The molecule has 3 amide bonds. The first-order chi connectivity index (χ1) is 19.8. The van der Waals surface area contributed by atoms with Crippen LogP contribution in [-0.2, 0) is 20.4 Å². The lowest BCUT2D eigenvalue weighted by molar-refractivity contribution is -0.264. The quantitative estimate of drug-likeness (QED) is 0.116. The second-order valence-corrected chi connectivity index (χ2v) is 10.4. The molecule has 1 aliphatic rings. The first kappa shape index (κ1) is 37.6. The van der Waals surface area contributed by atoms with Gasteiger partial charge in [-0.25, -0.2) is 9.78 Å². The second kappa shape index (κ2) is 15.4. The minimum Gasteiger partial charge on any atom is -0.444 e. The number of anilines is 1. The molecule has 240 valence electrons. The molecule has 9 nitrogen and oxygen atoms in total. The number of carbonyl (C=O) groups excluding carboxylic acids is 3. The van der Waals surface area contributed by atoms with E-state index in [1.165, 1.54) is 20.8 Å². The van der Waals surface area contributed by atoms with Crippen LogP contribution >= 0.6 is 15.9 Å². The number of amides is 3. The lowest BCUT2D eigenvalue weighted by Crippen LogP contribution is -2.61. The Kier molecular flexibility index (Phi) is 13.4. The molecule has 1 aromatic rings. The molecule has 0 radical (unpaired) electrons. The van der Waals surface area contributed by atoms with E-state index in [0.29, 0.717) is 24.5 Å². The maximum absolute atomic E-state index is 14.2. The number of alkyl halides is 6. The van der Waals surface area contributed by atoms with E-state index in [-0.39, 0.29) is 0 Å². The number of aromatic nitrogens is 1. The van der Waals surface area contributed by atoms with E-state index in [2.05, 4.69) is 27.5 Å². The lowest BCUT2D eigenvalue weighted by atomic mass is 9.97. The topological polar surface area (TPSA) is 119 Å². The van der Waals surface area contributed by atoms with Gasteiger partial charge in [-0.05, 0) is 61.2 Å². The summed E-state index contributed by atoms with van der Waals surface area (Å²) in [6.45, 7) is 11.1. The highest BCUT2D eigenvalue weighted by Gasteiger charge is 2.61. The number of nitrogens with one attached hydrogen (secondary N) is 3. The summed E-state index contributed by atoms with van der Waals surface area (Å²) in [5.41, 5.74) is -3.98. The highest BCUT2D eigenvalue weighted by Crippen LogP contribution is 2.38. The van der Waals surface area contributed by atoms with Crippen molar-refractivity contribution in [1.82, 2.24) is 15.8 Å². The normalized spacial score (nSPS) is 14.7. The minimum atomic E-state index is -5.28. The van der Waals surface area contributed by atoms with Crippen molar-refractivity contribution in [2.45, 2.75) is 77.4 Å². The zero-order valence-electron chi connectivity index (χ0n) is 24.1. The maximum Gasteiger partial charge on any atom is 0.427 e. The van der Waals surface area contributed by atoms with Crippen molar-refractivity contribution in [2.75, 3.05) is 11.9 Å². The Bertz CT molecular complexity index is 1240. The summed E-state index contributed by atoms with van der Waals surface area (Å²) in [6, 6.07) is 0.365. The third-order valence-corrected chi connectivity index (χ3v) is 5.84. The van der Waals surface area contributed by atoms with Gasteiger partial charge in [-0.15, -0.1) is 6.58 Å². The first-order valence-electron chi connectivity index (χ1n) is 12.9. The number of allylic oxidation sites excluding steroid dienone is 2. The predicted octanol–water partition coefficient (Wildman–Crippen LogP) is 7.17. The summed E-state index contributed by atoms with van der Waals surface area (Å²) in [5, 5.41) is 1.96. The summed E-state index contributed by atoms with van der Waals surface area (Å²) >= 11 is 2.58. The SMILES string of the molecule is C=CCC(OCC1=CCCC=C1)(C(=O)NNC(=O)c1nc(Br)c(C(F)(F)F)cc1NC(=O)OC(C)(C)C)C(F)(F)F.CC. The lowest BCUT2D eigenvalue weighted by Gasteiger charge is -2.33. The van der Waals surface area contributed by atoms with Crippen LogP contribution < -0.4 is 16.2 Å². The zero-order chi connectivity index (χ0) is 33.2. The van der Waals surface area contributed by atoms with Gasteiger partial charge in [0.05, 0.1) is 17.9 Å². The summed E-state index contributed by atoms with van der Waals surface area (Å²) in [4.78, 5) is 41.4. The van der Waals surface area contributed by atoms with Crippen LogP contribution in [0.3, 0.4) is 0 Å². The highest BCUT2D eigenvalue weighted by molar-refractivity contribution is 9.10. The van der Waals surface area contributed by atoms with E-state index in [4.69, 9.17) is 9.47 Å². The van der Waals surface area contributed by atoms with E-state index in [9.17, 15) is 40.7 Å². The van der Waals surface area contributed by atoms with Gasteiger partial charge in [0.2, 0.25) is 5.60 Å². The fraction of sp³-hybridized carbons (Fsp3) is 0.481. The number of halogens is 7. The van der Waals surface area contributed by atoms with Crippen LogP contribution in [0.5, 0.6) is 0 Å². The van der Waals surface area contributed by atoms with Gasteiger partial charge in [-0.3, -0.25) is 25.8 Å². The van der Waals surface area contributed by atoms with Crippen LogP contribution in [0, 0.1) is 0 Å². The number of hydrogen-bond donors (Lipinski definition) is 3. The van der Waals surface area contributed by atoms with Gasteiger partial charge in [0.1, 0.15) is 10.2 Å². The van der Waals surface area contributed by atoms with E-state index in [1.54, 1.807) is 29.1 Å². The van der Waals surface area contributed by atoms with E-state index < -0.39 is 76.0 Å². The average Bonchev–Trinajstić information content (AvgIpc) is 2.89. The fourth-order valence-corrected chi connectivity index (χ4v) is 3.89. The molecule has 43 heavy (non-hydrogen) atoms. The van der Waals surface area contributed by atoms with Crippen molar-refractivity contribution in [2.24, 2.45) is 0 Å². The van der Waals surface area contributed by atoms with Crippen molar-refractivity contribution < 1.29 is 50.2 Å². The molecule has 0 fully saturated rings. The van der Waals surface area contributed by atoms with Crippen molar-refractivity contribution in [3.05, 3.63) is 58.4 Å². The van der Waals surface area contributed by atoms with Crippen molar-refractivity contribution in [3.63, 3.8) is 0 Å². The minimum absolute atomic E-state index is 0.365. The van der Waals surface area contributed by atoms with Gasteiger partial charge in [-0.1, -0.05) is 38.2 Å². The molecule has 1 atom stereocenters. The molecule has 3 N–H and O–H groups in total. The van der Waals surface area contributed by atoms with Gasteiger partial charge in [0.15, 0.2) is 5.69 Å². The molecule has 1 aromatic heterocycles. The molecule has 0 aliphatic heterocycles. The number of carbonyl (C=O) groups is 3.